The minimum absolute atomic E-state index is 0.0572. The molecule has 0 radical (unpaired) electrons. The maximum Gasteiger partial charge on any atom is 0.0490 e. The van der Waals surface area contributed by atoms with E-state index >= 15 is 0 Å². The van der Waals surface area contributed by atoms with Crippen LogP contribution in [0.2, 0.25) is 0 Å². The highest BCUT2D eigenvalue weighted by Gasteiger charge is 2.25. The second kappa shape index (κ2) is 11.6. The second-order valence-electron chi connectivity index (χ2n) is 14.7. The Balaban J connectivity index is 1.17. The molecule has 8 aromatic carbocycles. The van der Waals surface area contributed by atoms with E-state index in [1.54, 1.807) is 0 Å². The predicted octanol–water partition coefficient (Wildman–Crippen LogP) is 14.1. The number of rotatable bonds is 5. The van der Waals surface area contributed by atoms with Gasteiger partial charge in [0.2, 0.25) is 0 Å². The molecule has 0 heterocycles. The third-order valence-electron chi connectivity index (χ3n) is 10.4. The number of aryl methyl sites for hydroxylation is 1. The molecule has 1 aliphatic rings. The van der Waals surface area contributed by atoms with Crippen LogP contribution in [-0.4, -0.2) is 0 Å². The molecule has 0 saturated carbocycles. The van der Waals surface area contributed by atoms with Gasteiger partial charge in [-0.3, -0.25) is 0 Å². The summed E-state index contributed by atoms with van der Waals surface area (Å²) in [6.45, 7) is 9.05. The summed E-state index contributed by atoms with van der Waals surface area (Å²) in [4.78, 5) is 2.42. The summed E-state index contributed by atoms with van der Waals surface area (Å²) < 4.78 is 0. The lowest BCUT2D eigenvalue weighted by atomic mass is 9.77. The Morgan fingerprint density at radius 1 is 0.380 bits per heavy atom. The van der Waals surface area contributed by atoms with Gasteiger partial charge in [-0.2, -0.15) is 0 Å². The summed E-state index contributed by atoms with van der Waals surface area (Å²) in [5.74, 6) is 0. The quantitative estimate of drug-likeness (QED) is 0.181. The highest BCUT2D eigenvalue weighted by Crippen LogP contribution is 2.52. The number of para-hydroxylation sites is 1. The Morgan fingerprint density at radius 2 is 0.860 bits per heavy atom. The third-order valence-corrected chi connectivity index (χ3v) is 10.4. The van der Waals surface area contributed by atoms with Gasteiger partial charge in [-0.1, -0.05) is 118 Å². The molecular weight excluding hydrogens is 603 g/mol. The molecule has 0 aliphatic heterocycles. The smallest absolute Gasteiger partial charge is 0.0490 e. The number of hydrogen-bond donors (Lipinski definition) is 0. The summed E-state index contributed by atoms with van der Waals surface area (Å²) in [7, 11) is 0. The number of anilines is 3. The fourth-order valence-corrected chi connectivity index (χ4v) is 7.67. The highest BCUT2D eigenvalue weighted by molar-refractivity contribution is 6.13. The maximum atomic E-state index is 2.42. The molecule has 50 heavy (non-hydrogen) atoms. The lowest BCUT2D eigenvalue weighted by Gasteiger charge is -2.30. The lowest BCUT2D eigenvalue weighted by Crippen LogP contribution is -2.15. The molecule has 0 bridgehead atoms. The summed E-state index contributed by atoms with van der Waals surface area (Å²) in [5, 5.41) is 5.05. The SMILES string of the molecule is Cc1ccccc1N(c1cccc(C(C)(C)C)c1)c1ccc2cc3c(cc2c1)-c1cc2cc(-c4ccccc4)c(-c4ccccc4)cc2cc1-3. The van der Waals surface area contributed by atoms with Crippen LogP contribution in [0.5, 0.6) is 0 Å². The van der Waals surface area contributed by atoms with Crippen LogP contribution < -0.4 is 4.90 Å². The summed E-state index contributed by atoms with van der Waals surface area (Å²) in [5.41, 5.74) is 16.5. The molecule has 0 spiro atoms. The maximum absolute atomic E-state index is 2.42. The summed E-state index contributed by atoms with van der Waals surface area (Å²) in [6.07, 6.45) is 0. The Hall–Kier alpha value is -5.92. The molecular formula is C49H39N. The first-order chi connectivity index (χ1) is 24.3. The van der Waals surface area contributed by atoms with Crippen LogP contribution in [-0.2, 0) is 5.41 Å². The van der Waals surface area contributed by atoms with Gasteiger partial charge in [-0.05, 0) is 156 Å². The van der Waals surface area contributed by atoms with Crippen LogP contribution in [0.3, 0.4) is 0 Å². The molecule has 9 rings (SSSR count). The zero-order valence-electron chi connectivity index (χ0n) is 29.0. The van der Waals surface area contributed by atoms with Crippen LogP contribution in [0.1, 0.15) is 31.9 Å². The Bertz CT molecular complexity index is 2570. The summed E-state index contributed by atoms with van der Waals surface area (Å²) >= 11 is 0. The van der Waals surface area contributed by atoms with Gasteiger partial charge < -0.3 is 4.90 Å². The zero-order chi connectivity index (χ0) is 34.0. The van der Waals surface area contributed by atoms with E-state index in [2.05, 4.69) is 196 Å². The molecule has 0 unspecified atom stereocenters. The van der Waals surface area contributed by atoms with Gasteiger partial charge >= 0.3 is 0 Å². The minimum Gasteiger partial charge on any atom is -0.310 e. The molecule has 1 nitrogen and oxygen atoms in total. The number of nitrogens with zero attached hydrogens (tertiary/aromatic N) is 1. The average molecular weight is 642 g/mol. The summed E-state index contributed by atoms with van der Waals surface area (Å²) in [6, 6.07) is 60.6. The van der Waals surface area contributed by atoms with Crippen molar-refractivity contribution in [2.24, 2.45) is 0 Å². The van der Waals surface area contributed by atoms with E-state index in [4.69, 9.17) is 0 Å². The highest BCUT2D eigenvalue weighted by atomic mass is 15.1. The number of hydrogen-bond acceptors (Lipinski definition) is 1. The van der Waals surface area contributed by atoms with E-state index in [9.17, 15) is 0 Å². The van der Waals surface area contributed by atoms with Gasteiger partial charge in [-0.25, -0.2) is 0 Å². The van der Waals surface area contributed by atoms with Crippen molar-refractivity contribution >= 4 is 38.6 Å². The van der Waals surface area contributed by atoms with Crippen molar-refractivity contribution in [1.29, 1.82) is 0 Å². The molecule has 0 amide bonds. The number of fused-ring (bicyclic) bond motifs is 6. The van der Waals surface area contributed by atoms with E-state index in [-0.39, 0.29) is 5.41 Å². The van der Waals surface area contributed by atoms with Crippen LogP contribution in [0.4, 0.5) is 17.1 Å². The van der Waals surface area contributed by atoms with Crippen molar-refractivity contribution in [3.63, 3.8) is 0 Å². The minimum atomic E-state index is 0.0572. The van der Waals surface area contributed by atoms with E-state index in [1.165, 1.54) is 88.6 Å². The van der Waals surface area contributed by atoms with Crippen LogP contribution >= 0.6 is 0 Å². The van der Waals surface area contributed by atoms with Crippen molar-refractivity contribution in [1.82, 2.24) is 0 Å². The van der Waals surface area contributed by atoms with E-state index < -0.39 is 0 Å². The molecule has 8 aromatic rings. The molecule has 1 aliphatic carbocycles. The predicted molar refractivity (Wildman–Crippen MR) is 215 cm³/mol. The Morgan fingerprint density at radius 3 is 1.42 bits per heavy atom. The van der Waals surface area contributed by atoms with Gasteiger partial charge in [0.25, 0.3) is 0 Å². The molecule has 0 aromatic heterocycles. The zero-order valence-corrected chi connectivity index (χ0v) is 29.0. The van der Waals surface area contributed by atoms with Gasteiger partial charge in [0.15, 0.2) is 0 Å². The van der Waals surface area contributed by atoms with Crippen molar-refractivity contribution in [2.75, 3.05) is 4.90 Å². The first-order valence-electron chi connectivity index (χ1n) is 17.6. The fourth-order valence-electron chi connectivity index (χ4n) is 7.67. The first kappa shape index (κ1) is 30.2. The van der Waals surface area contributed by atoms with E-state index in [0.29, 0.717) is 0 Å². The Kier molecular flexibility index (Phi) is 7.00. The molecule has 0 saturated heterocycles. The lowest BCUT2D eigenvalue weighted by molar-refractivity contribution is 0.590. The van der Waals surface area contributed by atoms with Gasteiger partial charge in [-0.15, -0.1) is 0 Å². The molecule has 0 fully saturated rings. The average Bonchev–Trinajstić information content (AvgIpc) is 3.14. The molecule has 0 N–H and O–H groups in total. The fraction of sp³-hybridized carbons (Fsp3) is 0.102. The molecule has 240 valence electrons. The second-order valence-corrected chi connectivity index (χ2v) is 14.7. The van der Waals surface area contributed by atoms with E-state index in [1.807, 2.05) is 0 Å². The van der Waals surface area contributed by atoms with Gasteiger partial charge in [0.1, 0.15) is 0 Å². The largest absolute Gasteiger partial charge is 0.310 e. The third kappa shape index (κ3) is 5.09. The van der Waals surface area contributed by atoms with E-state index in [0.717, 1.165) is 5.69 Å². The monoisotopic (exact) mass is 641 g/mol. The van der Waals surface area contributed by atoms with Gasteiger partial charge in [0, 0.05) is 17.1 Å². The van der Waals surface area contributed by atoms with Crippen LogP contribution in [0.25, 0.3) is 66.1 Å². The van der Waals surface area contributed by atoms with Crippen molar-refractivity contribution in [3.8, 4) is 44.5 Å². The van der Waals surface area contributed by atoms with Crippen molar-refractivity contribution < 1.29 is 0 Å². The van der Waals surface area contributed by atoms with Crippen LogP contribution in [0.15, 0.2) is 164 Å². The molecule has 0 atom stereocenters. The molecule has 1 heteroatoms. The Labute approximate surface area is 295 Å². The first-order valence-corrected chi connectivity index (χ1v) is 17.6. The standard InChI is InChI=1S/C49H39N/c1-32-14-11-12-21-48(32)50(40-20-13-19-39(31-40)49(2,3)4)41-23-22-35-25-44-45(28-36(35)24-41)47-30-38-27-43(34-17-9-6-10-18-34)42(26-37(38)29-46(44)47)33-15-7-5-8-16-33/h5-31H,1-4H3. The van der Waals surface area contributed by atoms with Crippen molar-refractivity contribution in [2.45, 2.75) is 33.1 Å². The number of benzene rings is 8. The van der Waals surface area contributed by atoms with Crippen LogP contribution in [0, 0.1) is 6.92 Å². The van der Waals surface area contributed by atoms with Crippen molar-refractivity contribution in [3.05, 3.63) is 175 Å². The van der Waals surface area contributed by atoms with Gasteiger partial charge in [0.05, 0.1) is 0 Å². The topological polar surface area (TPSA) is 3.24 Å². The normalized spacial score (nSPS) is 12.0.